The van der Waals surface area contributed by atoms with Gasteiger partial charge in [0.2, 0.25) is 0 Å². The monoisotopic (exact) mass is 279 g/mol. The van der Waals surface area contributed by atoms with E-state index < -0.39 is 0 Å². The van der Waals surface area contributed by atoms with Gasteiger partial charge in [0, 0.05) is 29.4 Å². The summed E-state index contributed by atoms with van der Waals surface area (Å²) >= 11 is 0. The van der Waals surface area contributed by atoms with Crippen molar-refractivity contribution in [3.05, 3.63) is 54.1 Å². The van der Waals surface area contributed by atoms with Crippen LogP contribution in [0.2, 0.25) is 0 Å². The van der Waals surface area contributed by atoms with E-state index in [1.165, 1.54) is 12.8 Å². The molecule has 1 aromatic heterocycles. The van der Waals surface area contributed by atoms with E-state index in [9.17, 15) is 5.21 Å². The Morgan fingerprint density at radius 2 is 2.14 bits per heavy atom. The first kappa shape index (κ1) is 13.4. The van der Waals surface area contributed by atoms with Crippen LogP contribution in [0.15, 0.2) is 48.1 Å². The van der Waals surface area contributed by atoms with Crippen molar-refractivity contribution in [2.24, 2.45) is 11.1 Å². The zero-order valence-electron chi connectivity index (χ0n) is 11.9. The molecule has 4 heteroatoms. The minimum absolute atomic E-state index is 0.0825. The molecule has 1 aromatic carbocycles. The van der Waals surface area contributed by atoms with Gasteiger partial charge in [-0.15, -0.1) is 0 Å². The van der Waals surface area contributed by atoms with Gasteiger partial charge in [0.1, 0.15) is 5.71 Å². The second-order valence-corrected chi connectivity index (χ2v) is 5.29. The molecule has 0 radical (unpaired) electrons. The molecule has 4 nitrogen and oxygen atoms in total. The summed E-state index contributed by atoms with van der Waals surface area (Å²) in [5.41, 5.74) is 2.49. The van der Waals surface area contributed by atoms with Crippen LogP contribution in [-0.2, 0) is 0 Å². The fraction of sp³-hybridized carbons (Fsp3) is 0.294. The largest absolute Gasteiger partial charge is 0.411 e. The minimum atomic E-state index is -0.0825. The molecule has 1 atom stereocenters. The average Bonchev–Trinajstić information content (AvgIpc) is 3.18. The van der Waals surface area contributed by atoms with Gasteiger partial charge in [0.15, 0.2) is 0 Å². The molecule has 21 heavy (non-hydrogen) atoms. The lowest BCUT2D eigenvalue weighted by Crippen LogP contribution is -2.16. The number of hydrogen-bond donors (Lipinski definition) is 1. The van der Waals surface area contributed by atoms with Crippen LogP contribution in [0.4, 0.5) is 0 Å². The highest BCUT2D eigenvalue weighted by Crippen LogP contribution is 2.27. The van der Waals surface area contributed by atoms with Gasteiger partial charge >= 0.3 is 0 Å². The third-order valence-corrected chi connectivity index (χ3v) is 3.65. The van der Waals surface area contributed by atoms with Crippen LogP contribution in [-0.4, -0.2) is 20.5 Å². The lowest BCUT2D eigenvalue weighted by molar-refractivity contribution is 0.315. The van der Waals surface area contributed by atoms with E-state index in [1.54, 1.807) is 12.5 Å². The van der Waals surface area contributed by atoms with E-state index in [4.69, 9.17) is 0 Å². The molecular weight excluding hydrogens is 262 g/mol. The summed E-state index contributed by atoms with van der Waals surface area (Å²) in [6, 6.07) is 7.74. The van der Waals surface area contributed by atoms with Crippen molar-refractivity contribution in [3.63, 3.8) is 0 Å². The van der Waals surface area contributed by atoms with Gasteiger partial charge in [-0.2, -0.15) is 0 Å². The highest BCUT2D eigenvalue weighted by molar-refractivity contribution is 6.02. The van der Waals surface area contributed by atoms with Gasteiger partial charge in [-0.05, 0) is 31.9 Å². The van der Waals surface area contributed by atoms with E-state index in [-0.39, 0.29) is 6.04 Å². The van der Waals surface area contributed by atoms with E-state index in [2.05, 4.69) is 22.0 Å². The van der Waals surface area contributed by atoms with Crippen molar-refractivity contribution in [2.45, 2.75) is 25.8 Å². The fourth-order valence-corrected chi connectivity index (χ4v) is 2.16. The molecule has 106 valence electrons. The molecule has 0 saturated heterocycles. The highest BCUT2D eigenvalue weighted by Gasteiger charge is 2.18. The summed E-state index contributed by atoms with van der Waals surface area (Å²) in [5, 5.41) is 12.8. The van der Waals surface area contributed by atoms with Crippen molar-refractivity contribution in [3.8, 4) is 11.8 Å². The second-order valence-electron chi connectivity index (χ2n) is 5.29. The zero-order chi connectivity index (χ0) is 14.7. The molecule has 1 heterocycles. The predicted molar refractivity (Wildman–Crippen MR) is 81.3 cm³/mol. The molecular formula is C17H17N3O. The number of nitrogens with zero attached hydrogens (tertiary/aromatic N) is 3. The summed E-state index contributed by atoms with van der Waals surface area (Å²) in [6.45, 7) is 1.97. The maximum Gasteiger partial charge on any atom is 0.109 e. The van der Waals surface area contributed by atoms with Gasteiger partial charge in [-0.1, -0.05) is 29.1 Å². The first-order chi connectivity index (χ1) is 10.3. The second kappa shape index (κ2) is 5.84. The number of benzene rings is 1. The molecule has 1 aliphatic carbocycles. The Bertz CT molecular complexity index is 686. The van der Waals surface area contributed by atoms with E-state index >= 15 is 0 Å². The van der Waals surface area contributed by atoms with Gasteiger partial charge in [-0.3, -0.25) is 0 Å². The minimum Gasteiger partial charge on any atom is -0.411 e. The number of aromatic nitrogens is 2. The normalized spacial score (nSPS) is 16.1. The van der Waals surface area contributed by atoms with Gasteiger partial charge in [0.05, 0.1) is 12.4 Å². The maximum absolute atomic E-state index is 9.33. The molecule has 3 rings (SSSR count). The Kier molecular flexibility index (Phi) is 3.74. The van der Waals surface area contributed by atoms with Gasteiger partial charge in [-0.25, -0.2) is 4.98 Å². The van der Waals surface area contributed by atoms with Crippen LogP contribution in [0.1, 0.15) is 36.9 Å². The standard InChI is InChI=1S/C17H17N3O/c1-13(20-11-10-18-12-20)17(19-21)16-8-6-15(7-9-16)5-4-14-2-3-14/h6-14,21H,2-3H2,1H3/b19-17+. The third-order valence-electron chi connectivity index (χ3n) is 3.65. The molecule has 1 unspecified atom stereocenters. The van der Waals surface area contributed by atoms with Crippen molar-refractivity contribution >= 4 is 5.71 Å². The van der Waals surface area contributed by atoms with Crippen molar-refractivity contribution in [2.75, 3.05) is 0 Å². The zero-order valence-corrected chi connectivity index (χ0v) is 11.9. The number of oxime groups is 1. The van der Waals surface area contributed by atoms with Crippen molar-refractivity contribution < 1.29 is 5.21 Å². The maximum atomic E-state index is 9.33. The van der Waals surface area contributed by atoms with Crippen LogP contribution in [0.5, 0.6) is 0 Å². The van der Waals surface area contributed by atoms with Crippen LogP contribution >= 0.6 is 0 Å². The highest BCUT2D eigenvalue weighted by atomic mass is 16.4. The van der Waals surface area contributed by atoms with E-state index in [1.807, 2.05) is 42.0 Å². The molecule has 0 amide bonds. The SMILES string of the molecule is CC(/C(=N\O)c1ccc(C#CC2CC2)cc1)n1ccnc1. The molecule has 0 bridgehead atoms. The average molecular weight is 279 g/mol. The lowest BCUT2D eigenvalue weighted by Gasteiger charge is -2.14. The van der Waals surface area contributed by atoms with Gasteiger partial charge < -0.3 is 9.77 Å². The summed E-state index contributed by atoms with van der Waals surface area (Å²) in [5.74, 6) is 7.02. The van der Waals surface area contributed by atoms with Crippen LogP contribution in [0.3, 0.4) is 0 Å². The number of imidazole rings is 1. The smallest absolute Gasteiger partial charge is 0.109 e. The first-order valence-corrected chi connectivity index (χ1v) is 7.09. The third kappa shape index (κ3) is 3.14. The van der Waals surface area contributed by atoms with Crippen molar-refractivity contribution in [1.29, 1.82) is 0 Å². The quantitative estimate of drug-likeness (QED) is 0.406. The molecule has 1 saturated carbocycles. The van der Waals surface area contributed by atoms with Crippen molar-refractivity contribution in [1.82, 2.24) is 9.55 Å². The van der Waals surface area contributed by atoms with Gasteiger partial charge in [0.25, 0.3) is 0 Å². The first-order valence-electron chi connectivity index (χ1n) is 7.09. The molecule has 0 spiro atoms. The van der Waals surface area contributed by atoms with E-state index in [0.717, 1.165) is 11.1 Å². The Labute approximate surface area is 124 Å². The number of hydrogen-bond acceptors (Lipinski definition) is 3. The van der Waals surface area contributed by atoms with Crippen LogP contribution < -0.4 is 0 Å². The molecule has 1 aliphatic rings. The Hall–Kier alpha value is -2.54. The summed E-state index contributed by atoms with van der Waals surface area (Å²) < 4.78 is 1.90. The topological polar surface area (TPSA) is 50.4 Å². The summed E-state index contributed by atoms with van der Waals surface area (Å²) in [4.78, 5) is 4.02. The Morgan fingerprint density at radius 1 is 1.38 bits per heavy atom. The lowest BCUT2D eigenvalue weighted by atomic mass is 10.0. The van der Waals surface area contributed by atoms with E-state index in [0.29, 0.717) is 11.6 Å². The summed E-state index contributed by atoms with van der Waals surface area (Å²) in [7, 11) is 0. The van der Waals surface area contributed by atoms with Crippen LogP contribution in [0.25, 0.3) is 0 Å². The Balaban J connectivity index is 1.80. The molecule has 1 fully saturated rings. The fourth-order valence-electron chi connectivity index (χ4n) is 2.16. The molecule has 2 aromatic rings. The predicted octanol–water partition coefficient (Wildman–Crippen LogP) is 3.08. The Morgan fingerprint density at radius 3 is 2.71 bits per heavy atom. The van der Waals surface area contributed by atoms with Crippen LogP contribution in [0, 0.1) is 17.8 Å². The summed E-state index contributed by atoms with van der Waals surface area (Å²) in [6.07, 6.45) is 7.74. The number of rotatable bonds is 3. The molecule has 1 N–H and O–H groups in total. The molecule has 0 aliphatic heterocycles.